The molecule has 3 aliphatic rings. The Balaban J connectivity index is 1.43. The summed E-state index contributed by atoms with van der Waals surface area (Å²) in [4.78, 5) is 29.7. The van der Waals surface area contributed by atoms with E-state index in [2.05, 4.69) is 22.3 Å². The van der Waals surface area contributed by atoms with Crippen LogP contribution in [0.2, 0.25) is 0 Å². The average molecular weight is 496 g/mol. The number of piperidine rings is 1. The van der Waals surface area contributed by atoms with Crippen molar-refractivity contribution < 1.29 is 19.1 Å². The van der Waals surface area contributed by atoms with Crippen molar-refractivity contribution >= 4 is 11.8 Å². The van der Waals surface area contributed by atoms with Crippen molar-refractivity contribution in [2.75, 3.05) is 19.7 Å². The minimum Gasteiger partial charge on any atom is -0.490 e. The fourth-order valence-electron chi connectivity index (χ4n) is 5.20. The first-order valence-corrected chi connectivity index (χ1v) is 13.1. The molecule has 0 aromatic heterocycles. The van der Waals surface area contributed by atoms with E-state index >= 15 is 0 Å². The third-order valence-corrected chi connectivity index (χ3v) is 6.74. The van der Waals surface area contributed by atoms with Gasteiger partial charge in [-0.2, -0.15) is 0 Å². The number of hydrogen-bond acceptors (Lipinski definition) is 5. The number of rotatable bonds is 7. The highest BCUT2D eigenvalue weighted by Crippen LogP contribution is 2.33. The molecule has 1 aromatic carbocycles. The van der Waals surface area contributed by atoms with Crippen LogP contribution in [0.3, 0.4) is 0 Å². The maximum absolute atomic E-state index is 13.2. The van der Waals surface area contributed by atoms with Crippen LogP contribution in [0.4, 0.5) is 0 Å². The van der Waals surface area contributed by atoms with E-state index in [4.69, 9.17) is 9.47 Å². The Labute approximate surface area is 215 Å². The molecule has 196 valence electrons. The highest BCUT2D eigenvalue weighted by atomic mass is 16.5. The zero-order chi connectivity index (χ0) is 26.1. The first-order chi connectivity index (χ1) is 16.9. The molecule has 0 saturated carbocycles. The molecule has 36 heavy (non-hydrogen) atoms. The Morgan fingerprint density at radius 2 is 1.61 bits per heavy atom. The Hall–Kier alpha value is -2.80. The van der Waals surface area contributed by atoms with Crippen molar-refractivity contribution in [3.8, 4) is 0 Å². The molecule has 1 saturated heterocycles. The summed E-state index contributed by atoms with van der Waals surface area (Å²) in [5.41, 5.74) is 1.55. The molecule has 3 aliphatic heterocycles. The molecule has 1 fully saturated rings. The molecular weight excluding hydrogens is 454 g/mol. The summed E-state index contributed by atoms with van der Waals surface area (Å²) in [6, 6.07) is 10.1. The molecule has 2 atom stereocenters. The predicted octanol–water partition coefficient (Wildman–Crippen LogP) is 3.80. The largest absolute Gasteiger partial charge is 0.490 e. The number of carbonyl (C=O) groups is 2. The predicted molar refractivity (Wildman–Crippen MR) is 140 cm³/mol. The van der Waals surface area contributed by atoms with Gasteiger partial charge in [0.2, 0.25) is 5.91 Å². The van der Waals surface area contributed by atoms with Crippen LogP contribution in [0.25, 0.3) is 0 Å². The Kier molecular flexibility index (Phi) is 7.51. The Bertz CT molecular complexity index is 1010. The van der Waals surface area contributed by atoms with E-state index in [-0.39, 0.29) is 35.5 Å². The van der Waals surface area contributed by atoms with E-state index in [1.807, 2.05) is 64.6 Å². The summed E-state index contributed by atoms with van der Waals surface area (Å²) in [6.45, 7) is 14.1. The second-order valence-electron chi connectivity index (χ2n) is 12.0. The van der Waals surface area contributed by atoms with Crippen LogP contribution < -0.4 is 5.32 Å². The molecule has 1 aromatic rings. The van der Waals surface area contributed by atoms with Crippen molar-refractivity contribution in [1.82, 2.24) is 15.1 Å². The number of hydrogen-bond donors (Lipinski definition) is 1. The van der Waals surface area contributed by atoms with Gasteiger partial charge in [0.25, 0.3) is 5.91 Å². The van der Waals surface area contributed by atoms with E-state index in [1.165, 1.54) is 5.56 Å². The molecule has 0 unspecified atom stereocenters. The second kappa shape index (κ2) is 10.3. The van der Waals surface area contributed by atoms with Crippen molar-refractivity contribution in [3.63, 3.8) is 0 Å². The molecule has 0 spiro atoms. The Morgan fingerprint density at radius 3 is 2.22 bits per heavy atom. The molecule has 0 aliphatic carbocycles. The lowest BCUT2D eigenvalue weighted by atomic mass is 9.98. The number of likely N-dealkylation sites (tertiary alicyclic amines) is 1. The number of nitrogens with zero attached hydrogens (tertiary/aromatic N) is 2. The first-order valence-electron chi connectivity index (χ1n) is 13.1. The first kappa shape index (κ1) is 26.3. The van der Waals surface area contributed by atoms with Crippen LogP contribution in [-0.2, 0) is 25.5 Å². The van der Waals surface area contributed by atoms with Gasteiger partial charge >= 0.3 is 0 Å². The maximum Gasteiger partial charge on any atom is 0.250 e. The molecule has 3 heterocycles. The van der Waals surface area contributed by atoms with Gasteiger partial charge in [-0.25, -0.2) is 0 Å². The lowest BCUT2D eigenvalue weighted by Crippen LogP contribution is -2.52. The minimum absolute atomic E-state index is 0.00547. The van der Waals surface area contributed by atoms with Crippen LogP contribution in [0.15, 0.2) is 53.9 Å². The van der Waals surface area contributed by atoms with Gasteiger partial charge in [-0.1, -0.05) is 30.3 Å². The summed E-state index contributed by atoms with van der Waals surface area (Å²) in [7, 11) is 0. The molecule has 2 amide bonds. The van der Waals surface area contributed by atoms with Gasteiger partial charge < -0.3 is 24.6 Å². The van der Waals surface area contributed by atoms with Crippen LogP contribution >= 0.6 is 0 Å². The SMILES string of the molecule is CC(C)(C)OC[C@H]1C(OC(C)(C)C)=CC(=O)N1C1CCN(C2=CC(=O)N[C@H]2Cc2ccccc2)CC1. The molecule has 0 radical (unpaired) electrons. The minimum atomic E-state index is -0.395. The number of carbonyl (C=O) groups excluding carboxylic acids is 2. The van der Waals surface area contributed by atoms with E-state index in [0.717, 1.165) is 38.0 Å². The Morgan fingerprint density at radius 1 is 0.944 bits per heavy atom. The molecule has 7 heteroatoms. The zero-order valence-corrected chi connectivity index (χ0v) is 22.5. The summed E-state index contributed by atoms with van der Waals surface area (Å²) in [5, 5.41) is 3.11. The average Bonchev–Trinajstić information content (AvgIpc) is 3.29. The summed E-state index contributed by atoms with van der Waals surface area (Å²) in [6.07, 6.45) is 5.82. The van der Waals surface area contributed by atoms with Gasteiger partial charge in [-0.3, -0.25) is 9.59 Å². The number of benzene rings is 1. The van der Waals surface area contributed by atoms with Crippen LogP contribution in [0, 0.1) is 0 Å². The van der Waals surface area contributed by atoms with Gasteiger partial charge in [0.1, 0.15) is 17.4 Å². The van der Waals surface area contributed by atoms with Crippen molar-refractivity contribution in [2.24, 2.45) is 0 Å². The number of amides is 2. The fourth-order valence-corrected chi connectivity index (χ4v) is 5.20. The highest BCUT2D eigenvalue weighted by Gasteiger charge is 2.42. The number of ether oxygens (including phenoxy) is 2. The second-order valence-corrected chi connectivity index (χ2v) is 12.0. The van der Waals surface area contributed by atoms with Crippen molar-refractivity contribution in [2.45, 2.75) is 90.1 Å². The van der Waals surface area contributed by atoms with E-state index in [1.54, 1.807) is 12.2 Å². The van der Waals surface area contributed by atoms with Gasteiger partial charge in [0.05, 0.1) is 18.2 Å². The zero-order valence-electron chi connectivity index (χ0n) is 22.5. The van der Waals surface area contributed by atoms with E-state index in [9.17, 15) is 9.59 Å². The lowest BCUT2D eigenvalue weighted by molar-refractivity contribution is -0.133. The third kappa shape index (κ3) is 6.49. The van der Waals surface area contributed by atoms with Crippen LogP contribution in [-0.4, -0.2) is 70.6 Å². The van der Waals surface area contributed by atoms with Gasteiger partial charge in [0, 0.05) is 37.0 Å². The molecule has 4 rings (SSSR count). The number of nitrogens with one attached hydrogen (secondary N) is 1. The molecule has 7 nitrogen and oxygen atoms in total. The molecule has 1 N–H and O–H groups in total. The molecular formula is C29H41N3O4. The smallest absolute Gasteiger partial charge is 0.250 e. The van der Waals surface area contributed by atoms with E-state index in [0.29, 0.717) is 12.4 Å². The summed E-state index contributed by atoms with van der Waals surface area (Å²) in [5.74, 6) is 0.653. The van der Waals surface area contributed by atoms with Gasteiger partial charge in [0.15, 0.2) is 0 Å². The van der Waals surface area contributed by atoms with Crippen molar-refractivity contribution in [3.05, 3.63) is 59.5 Å². The summed E-state index contributed by atoms with van der Waals surface area (Å²) < 4.78 is 12.3. The maximum atomic E-state index is 13.2. The monoisotopic (exact) mass is 495 g/mol. The standard InChI is InChI=1S/C29H41N3O4/c1-28(2,3)35-19-24-25(36-29(4,5)6)18-27(34)32(24)21-12-14-31(15-13-21)23-17-26(33)30-22(23)16-20-10-8-7-9-11-20/h7-11,17-18,21-22,24H,12-16,19H2,1-6H3,(H,30,33)/t22-,24-/m0/s1. The highest BCUT2D eigenvalue weighted by molar-refractivity contribution is 5.92. The quantitative estimate of drug-likeness (QED) is 0.623. The van der Waals surface area contributed by atoms with Gasteiger partial charge in [-0.15, -0.1) is 0 Å². The summed E-state index contributed by atoms with van der Waals surface area (Å²) >= 11 is 0. The lowest BCUT2D eigenvalue weighted by Gasteiger charge is -2.42. The van der Waals surface area contributed by atoms with Gasteiger partial charge in [-0.05, 0) is 66.4 Å². The fraction of sp³-hybridized carbons (Fsp3) is 0.586. The van der Waals surface area contributed by atoms with Crippen molar-refractivity contribution in [1.29, 1.82) is 0 Å². The molecule has 0 bridgehead atoms. The van der Waals surface area contributed by atoms with E-state index < -0.39 is 5.60 Å². The third-order valence-electron chi connectivity index (χ3n) is 6.74. The van der Waals surface area contributed by atoms with Crippen LogP contribution in [0.5, 0.6) is 0 Å². The topological polar surface area (TPSA) is 71.1 Å². The van der Waals surface area contributed by atoms with Crippen LogP contribution in [0.1, 0.15) is 59.9 Å². The normalized spacial score (nSPS) is 23.6.